The fourth-order valence-corrected chi connectivity index (χ4v) is 2.42. The van der Waals surface area contributed by atoms with E-state index in [-0.39, 0.29) is 11.9 Å². The molecule has 0 amide bonds. The van der Waals surface area contributed by atoms with Crippen LogP contribution < -0.4 is 4.74 Å². The monoisotopic (exact) mass is 338 g/mol. The van der Waals surface area contributed by atoms with Crippen LogP contribution in [0.2, 0.25) is 0 Å². The number of halogens is 2. The Bertz CT molecular complexity index is 542. The van der Waals surface area contributed by atoms with Crippen LogP contribution in [-0.4, -0.2) is 12.4 Å². The first-order chi connectivity index (χ1) is 9.72. The molecule has 0 aliphatic carbocycles. The van der Waals surface area contributed by atoms with Crippen LogP contribution in [0.1, 0.15) is 17.2 Å². The van der Waals surface area contributed by atoms with E-state index in [1.165, 1.54) is 12.1 Å². The summed E-state index contributed by atoms with van der Waals surface area (Å²) in [6.07, 6.45) is -0.173. The molecule has 0 heterocycles. The molecule has 0 aliphatic heterocycles. The molecule has 4 heteroatoms. The lowest BCUT2D eigenvalue weighted by atomic mass is 10.1. The van der Waals surface area contributed by atoms with Crippen molar-refractivity contribution in [1.29, 1.82) is 0 Å². The normalized spacial score (nSPS) is 12.2. The molecular weight excluding hydrogens is 323 g/mol. The maximum atomic E-state index is 13.2. The van der Waals surface area contributed by atoms with Gasteiger partial charge in [-0.15, -0.1) is 0 Å². The molecule has 0 saturated carbocycles. The lowest BCUT2D eigenvalue weighted by molar-refractivity contribution is 0.0564. The average Bonchev–Trinajstić information content (AvgIpc) is 2.48. The minimum Gasteiger partial charge on any atom is -0.497 e. The van der Waals surface area contributed by atoms with Crippen LogP contribution in [0.15, 0.2) is 48.5 Å². The summed E-state index contributed by atoms with van der Waals surface area (Å²) in [5.41, 5.74) is 1.88. The third-order valence-corrected chi connectivity index (χ3v) is 3.56. The smallest absolute Gasteiger partial charge is 0.123 e. The van der Waals surface area contributed by atoms with Crippen LogP contribution in [0.5, 0.6) is 5.75 Å². The summed E-state index contributed by atoms with van der Waals surface area (Å²) >= 11 is 3.41. The lowest BCUT2D eigenvalue weighted by Gasteiger charge is -2.16. The molecule has 0 saturated heterocycles. The summed E-state index contributed by atoms with van der Waals surface area (Å²) in [4.78, 5) is 0. The fraction of sp³-hybridized carbons (Fsp3) is 0.250. The van der Waals surface area contributed by atoms with E-state index in [0.29, 0.717) is 11.9 Å². The zero-order valence-electron chi connectivity index (χ0n) is 11.2. The van der Waals surface area contributed by atoms with Crippen molar-refractivity contribution in [3.63, 3.8) is 0 Å². The van der Waals surface area contributed by atoms with E-state index in [2.05, 4.69) is 15.9 Å². The summed E-state index contributed by atoms with van der Waals surface area (Å²) in [5.74, 6) is 0.567. The average molecular weight is 339 g/mol. The highest BCUT2D eigenvalue weighted by molar-refractivity contribution is 9.09. The molecule has 2 aromatic carbocycles. The van der Waals surface area contributed by atoms with Gasteiger partial charge in [-0.3, -0.25) is 0 Å². The molecule has 0 spiro atoms. The van der Waals surface area contributed by atoms with E-state index in [1.807, 2.05) is 30.3 Å². The highest BCUT2D eigenvalue weighted by atomic mass is 79.9. The Labute approximate surface area is 126 Å². The van der Waals surface area contributed by atoms with E-state index < -0.39 is 0 Å². The molecule has 0 bridgehead atoms. The highest BCUT2D eigenvalue weighted by Gasteiger charge is 2.11. The third-order valence-electron chi connectivity index (χ3n) is 2.97. The number of rotatable bonds is 6. The van der Waals surface area contributed by atoms with Crippen molar-refractivity contribution in [3.05, 3.63) is 65.5 Å². The van der Waals surface area contributed by atoms with Crippen molar-refractivity contribution in [2.45, 2.75) is 12.7 Å². The Morgan fingerprint density at radius 1 is 1.15 bits per heavy atom. The second kappa shape index (κ2) is 7.41. The molecule has 0 aromatic heterocycles. The van der Waals surface area contributed by atoms with Crippen molar-refractivity contribution in [3.8, 4) is 5.75 Å². The van der Waals surface area contributed by atoms with Gasteiger partial charge in [0, 0.05) is 5.33 Å². The second-order valence-corrected chi connectivity index (χ2v) is 5.00. The number of benzene rings is 2. The summed E-state index contributed by atoms with van der Waals surface area (Å²) in [6.45, 7) is 0.469. The van der Waals surface area contributed by atoms with Gasteiger partial charge in [-0.25, -0.2) is 4.39 Å². The highest BCUT2D eigenvalue weighted by Crippen LogP contribution is 2.22. The van der Waals surface area contributed by atoms with Crippen LogP contribution in [0.4, 0.5) is 4.39 Å². The number of methoxy groups -OCH3 is 1. The minimum absolute atomic E-state index is 0.173. The molecule has 1 unspecified atom stereocenters. The first-order valence-electron chi connectivity index (χ1n) is 6.29. The zero-order valence-corrected chi connectivity index (χ0v) is 12.8. The van der Waals surface area contributed by atoms with Crippen molar-refractivity contribution in [2.24, 2.45) is 0 Å². The van der Waals surface area contributed by atoms with E-state index >= 15 is 0 Å². The first-order valence-corrected chi connectivity index (χ1v) is 7.41. The molecule has 2 rings (SSSR count). The number of alkyl halides is 1. The lowest BCUT2D eigenvalue weighted by Crippen LogP contribution is -2.06. The predicted molar refractivity (Wildman–Crippen MR) is 80.7 cm³/mol. The maximum absolute atomic E-state index is 13.2. The van der Waals surface area contributed by atoms with E-state index in [0.717, 1.165) is 16.9 Å². The van der Waals surface area contributed by atoms with Gasteiger partial charge in [-0.1, -0.05) is 40.2 Å². The van der Waals surface area contributed by atoms with Gasteiger partial charge in [0.2, 0.25) is 0 Å². The quantitative estimate of drug-likeness (QED) is 0.722. The standard InChI is InChI=1S/C16H16BrFO2/c1-19-15-7-5-12(6-8-15)11-20-16(10-17)13-3-2-4-14(18)9-13/h2-9,16H,10-11H2,1H3. The summed E-state index contributed by atoms with van der Waals surface area (Å²) in [7, 11) is 1.64. The van der Waals surface area contributed by atoms with Gasteiger partial charge in [0.15, 0.2) is 0 Å². The fourth-order valence-electron chi connectivity index (χ4n) is 1.86. The predicted octanol–water partition coefficient (Wildman–Crippen LogP) is 4.49. The van der Waals surface area contributed by atoms with Crippen molar-refractivity contribution in [2.75, 3.05) is 12.4 Å². The summed E-state index contributed by atoms with van der Waals surface area (Å²) in [6, 6.07) is 14.2. The molecule has 20 heavy (non-hydrogen) atoms. The van der Waals surface area contributed by atoms with Crippen LogP contribution in [0.3, 0.4) is 0 Å². The molecule has 2 aromatic rings. The molecule has 0 radical (unpaired) electrons. The number of hydrogen-bond donors (Lipinski definition) is 0. The van der Waals surface area contributed by atoms with Gasteiger partial charge in [0.1, 0.15) is 11.6 Å². The Morgan fingerprint density at radius 2 is 1.90 bits per heavy atom. The van der Waals surface area contributed by atoms with E-state index in [1.54, 1.807) is 13.2 Å². The maximum Gasteiger partial charge on any atom is 0.123 e. The van der Waals surface area contributed by atoms with Crippen molar-refractivity contribution >= 4 is 15.9 Å². The van der Waals surface area contributed by atoms with E-state index in [9.17, 15) is 4.39 Å². The molecule has 1 atom stereocenters. The van der Waals surface area contributed by atoms with Crippen molar-refractivity contribution in [1.82, 2.24) is 0 Å². The van der Waals surface area contributed by atoms with Gasteiger partial charge in [-0.05, 0) is 35.4 Å². The van der Waals surface area contributed by atoms with Crippen LogP contribution >= 0.6 is 15.9 Å². The summed E-state index contributed by atoms with van der Waals surface area (Å²) < 4.78 is 24.2. The first kappa shape index (κ1) is 15.0. The SMILES string of the molecule is COc1ccc(COC(CBr)c2cccc(F)c2)cc1. The van der Waals surface area contributed by atoms with Crippen LogP contribution in [-0.2, 0) is 11.3 Å². The van der Waals surface area contributed by atoms with Gasteiger partial charge in [0.25, 0.3) is 0 Å². The largest absolute Gasteiger partial charge is 0.497 e. The zero-order chi connectivity index (χ0) is 14.4. The van der Waals surface area contributed by atoms with Gasteiger partial charge in [-0.2, -0.15) is 0 Å². The van der Waals surface area contributed by atoms with Crippen molar-refractivity contribution < 1.29 is 13.9 Å². The molecule has 0 aliphatic rings. The molecular formula is C16H16BrFO2. The van der Waals surface area contributed by atoms with Crippen LogP contribution in [0, 0.1) is 5.82 Å². The molecule has 0 fully saturated rings. The molecule has 106 valence electrons. The number of hydrogen-bond acceptors (Lipinski definition) is 2. The Hall–Kier alpha value is -1.39. The van der Waals surface area contributed by atoms with Gasteiger partial charge in [0.05, 0.1) is 19.8 Å². The molecule has 0 N–H and O–H groups in total. The van der Waals surface area contributed by atoms with Gasteiger partial charge < -0.3 is 9.47 Å². The Kier molecular flexibility index (Phi) is 5.56. The Morgan fingerprint density at radius 3 is 2.50 bits per heavy atom. The third kappa shape index (κ3) is 4.05. The molecule has 2 nitrogen and oxygen atoms in total. The second-order valence-electron chi connectivity index (χ2n) is 4.36. The Balaban J connectivity index is 1.99. The number of ether oxygens (including phenoxy) is 2. The van der Waals surface area contributed by atoms with E-state index in [4.69, 9.17) is 9.47 Å². The minimum atomic E-state index is -0.249. The topological polar surface area (TPSA) is 18.5 Å². The van der Waals surface area contributed by atoms with Crippen LogP contribution in [0.25, 0.3) is 0 Å². The summed E-state index contributed by atoms with van der Waals surface area (Å²) in [5, 5.41) is 0.618. The van der Waals surface area contributed by atoms with Gasteiger partial charge >= 0.3 is 0 Å².